The van der Waals surface area contributed by atoms with Gasteiger partial charge in [-0.3, -0.25) is 14.4 Å². The third-order valence-corrected chi connectivity index (χ3v) is 12.1. The van der Waals surface area contributed by atoms with Gasteiger partial charge in [0.15, 0.2) is 6.10 Å². The Balaban J connectivity index is 4.29. The van der Waals surface area contributed by atoms with Gasteiger partial charge in [0.25, 0.3) is 0 Å². The first kappa shape index (κ1) is 61.4. The zero-order valence-corrected chi connectivity index (χ0v) is 42.6. The van der Waals surface area contributed by atoms with Gasteiger partial charge >= 0.3 is 17.9 Å². The molecule has 0 aliphatic rings. The summed E-state index contributed by atoms with van der Waals surface area (Å²) in [5, 5.41) is 0. The smallest absolute Gasteiger partial charge is 0.306 e. The van der Waals surface area contributed by atoms with E-state index in [4.69, 9.17) is 14.2 Å². The SMILES string of the molecule is CCCCCC/C=C\C/C=C\CCCCCCCC(=O)OC(COC(=O)CCCCCCCCCCC)COC(=O)CCCCCCCCCCC/C=C\C/C=C\CCCCCCC. The van der Waals surface area contributed by atoms with Gasteiger partial charge in [-0.05, 0) is 83.5 Å². The molecule has 6 nitrogen and oxygen atoms in total. The monoisotopic (exact) mass is 897 g/mol. The first-order valence-electron chi connectivity index (χ1n) is 27.6. The third-order valence-electron chi connectivity index (χ3n) is 12.1. The Hall–Kier alpha value is -2.63. The van der Waals surface area contributed by atoms with E-state index < -0.39 is 6.10 Å². The van der Waals surface area contributed by atoms with E-state index in [9.17, 15) is 14.4 Å². The van der Waals surface area contributed by atoms with Crippen molar-refractivity contribution in [2.24, 2.45) is 0 Å². The highest BCUT2D eigenvalue weighted by Crippen LogP contribution is 2.15. The lowest BCUT2D eigenvalue weighted by atomic mass is 10.1. The quantitative estimate of drug-likeness (QED) is 0.0262. The number of hydrogen-bond acceptors (Lipinski definition) is 6. The van der Waals surface area contributed by atoms with E-state index in [0.29, 0.717) is 19.3 Å². The van der Waals surface area contributed by atoms with E-state index >= 15 is 0 Å². The molecule has 0 saturated carbocycles. The molecule has 6 heteroatoms. The van der Waals surface area contributed by atoms with Gasteiger partial charge in [0.05, 0.1) is 0 Å². The van der Waals surface area contributed by atoms with Gasteiger partial charge in [0.2, 0.25) is 0 Å². The summed E-state index contributed by atoms with van der Waals surface area (Å²) in [7, 11) is 0. The van der Waals surface area contributed by atoms with Gasteiger partial charge in [-0.15, -0.1) is 0 Å². The van der Waals surface area contributed by atoms with Crippen molar-refractivity contribution in [3.05, 3.63) is 48.6 Å². The maximum absolute atomic E-state index is 12.8. The van der Waals surface area contributed by atoms with Gasteiger partial charge in [-0.1, -0.05) is 230 Å². The zero-order chi connectivity index (χ0) is 46.5. The standard InChI is InChI=1S/C58H104O6/c1-4-7-10-13-16-19-21-23-25-27-28-29-30-31-33-34-36-39-42-45-48-51-57(60)63-54-55(53-62-56(59)50-47-44-41-38-18-15-12-9-6-3)64-58(61)52-49-46-43-40-37-35-32-26-24-22-20-17-14-11-8-5-2/h20-23,26-28,32,55H,4-19,24-25,29-31,33-54H2,1-3H3/b22-20-,23-21-,28-27-,32-26-. The number of carbonyl (C=O) groups is 3. The van der Waals surface area contributed by atoms with Crippen LogP contribution in [0.1, 0.15) is 284 Å². The molecule has 1 unspecified atom stereocenters. The molecule has 0 N–H and O–H groups in total. The molecule has 0 aliphatic heterocycles. The van der Waals surface area contributed by atoms with Crippen molar-refractivity contribution >= 4 is 17.9 Å². The summed E-state index contributed by atoms with van der Waals surface area (Å²) in [4.78, 5) is 38.0. The molecule has 0 amide bonds. The summed E-state index contributed by atoms with van der Waals surface area (Å²) >= 11 is 0. The second-order valence-electron chi connectivity index (χ2n) is 18.5. The summed E-state index contributed by atoms with van der Waals surface area (Å²) in [5.74, 6) is -0.890. The molecule has 1 atom stereocenters. The number of unbranched alkanes of at least 4 members (excludes halogenated alkanes) is 31. The summed E-state index contributed by atoms with van der Waals surface area (Å²) in [5.41, 5.74) is 0. The van der Waals surface area contributed by atoms with Crippen LogP contribution in [0.25, 0.3) is 0 Å². The molecule has 0 aliphatic carbocycles. The van der Waals surface area contributed by atoms with E-state index in [1.165, 1.54) is 154 Å². The molecular weight excluding hydrogens is 793 g/mol. The fourth-order valence-electron chi connectivity index (χ4n) is 7.86. The van der Waals surface area contributed by atoms with Crippen LogP contribution >= 0.6 is 0 Å². The largest absolute Gasteiger partial charge is 0.462 e. The van der Waals surface area contributed by atoms with Crippen LogP contribution in [-0.4, -0.2) is 37.2 Å². The number of allylic oxidation sites excluding steroid dienone is 8. The summed E-state index contributed by atoms with van der Waals surface area (Å²) in [6, 6.07) is 0. The molecule has 372 valence electrons. The van der Waals surface area contributed by atoms with Gasteiger partial charge < -0.3 is 14.2 Å². The molecule has 0 saturated heterocycles. The molecule has 0 rings (SSSR count). The molecule has 0 aromatic carbocycles. The van der Waals surface area contributed by atoms with Crippen LogP contribution in [0.4, 0.5) is 0 Å². The van der Waals surface area contributed by atoms with E-state index in [2.05, 4.69) is 69.4 Å². The van der Waals surface area contributed by atoms with Crippen LogP contribution in [0, 0.1) is 0 Å². The van der Waals surface area contributed by atoms with Gasteiger partial charge in [0, 0.05) is 19.3 Å². The minimum Gasteiger partial charge on any atom is -0.462 e. The highest BCUT2D eigenvalue weighted by Gasteiger charge is 2.19. The topological polar surface area (TPSA) is 78.9 Å². The van der Waals surface area contributed by atoms with Crippen LogP contribution in [0.5, 0.6) is 0 Å². The molecule has 0 aromatic rings. The first-order chi connectivity index (χ1) is 31.5. The normalized spacial score (nSPS) is 12.4. The average molecular weight is 897 g/mol. The number of rotatable bonds is 50. The predicted octanol–water partition coefficient (Wildman–Crippen LogP) is 18.3. The second kappa shape index (κ2) is 53.0. The van der Waals surface area contributed by atoms with Crippen LogP contribution < -0.4 is 0 Å². The summed E-state index contributed by atoms with van der Waals surface area (Å²) < 4.78 is 16.8. The molecule has 64 heavy (non-hydrogen) atoms. The van der Waals surface area contributed by atoms with Crippen LogP contribution in [0.3, 0.4) is 0 Å². The molecule has 0 bridgehead atoms. The maximum atomic E-state index is 12.8. The molecule has 0 heterocycles. The molecular formula is C58H104O6. The minimum absolute atomic E-state index is 0.0782. The van der Waals surface area contributed by atoms with E-state index in [1.807, 2.05) is 0 Å². The number of esters is 3. The number of hydrogen-bond donors (Lipinski definition) is 0. The Morgan fingerprint density at radius 2 is 0.562 bits per heavy atom. The van der Waals surface area contributed by atoms with Crippen LogP contribution in [0.2, 0.25) is 0 Å². The van der Waals surface area contributed by atoms with Gasteiger partial charge in [-0.25, -0.2) is 0 Å². The Morgan fingerprint density at radius 3 is 0.875 bits per heavy atom. The van der Waals surface area contributed by atoms with Crippen molar-refractivity contribution in [2.45, 2.75) is 290 Å². The molecule has 0 spiro atoms. The second-order valence-corrected chi connectivity index (χ2v) is 18.5. The minimum atomic E-state index is -0.779. The van der Waals surface area contributed by atoms with Crippen LogP contribution in [0.15, 0.2) is 48.6 Å². The Morgan fingerprint density at radius 1 is 0.312 bits per heavy atom. The highest BCUT2D eigenvalue weighted by atomic mass is 16.6. The fourth-order valence-corrected chi connectivity index (χ4v) is 7.86. The van der Waals surface area contributed by atoms with Gasteiger partial charge in [0.1, 0.15) is 13.2 Å². The van der Waals surface area contributed by atoms with Crippen LogP contribution in [-0.2, 0) is 28.6 Å². The predicted molar refractivity (Wildman–Crippen MR) is 275 cm³/mol. The fraction of sp³-hybridized carbons (Fsp3) is 0.810. The van der Waals surface area contributed by atoms with Crippen molar-refractivity contribution in [1.82, 2.24) is 0 Å². The van der Waals surface area contributed by atoms with E-state index in [1.54, 1.807) is 0 Å². The lowest BCUT2D eigenvalue weighted by molar-refractivity contribution is -0.167. The molecule has 0 aromatic heterocycles. The molecule has 0 fully saturated rings. The Labute approximate surface area is 397 Å². The molecule has 0 radical (unpaired) electrons. The number of carbonyl (C=O) groups excluding carboxylic acids is 3. The number of ether oxygens (including phenoxy) is 3. The van der Waals surface area contributed by atoms with Crippen molar-refractivity contribution in [3.8, 4) is 0 Å². The lowest BCUT2D eigenvalue weighted by Crippen LogP contribution is -2.30. The Bertz CT molecular complexity index is 1120. The van der Waals surface area contributed by atoms with Crippen molar-refractivity contribution in [2.75, 3.05) is 13.2 Å². The van der Waals surface area contributed by atoms with Crippen molar-refractivity contribution in [3.63, 3.8) is 0 Å². The first-order valence-corrected chi connectivity index (χ1v) is 27.6. The van der Waals surface area contributed by atoms with E-state index in [-0.39, 0.29) is 31.1 Å². The third kappa shape index (κ3) is 50.4. The van der Waals surface area contributed by atoms with Crippen molar-refractivity contribution in [1.29, 1.82) is 0 Å². The van der Waals surface area contributed by atoms with Gasteiger partial charge in [-0.2, -0.15) is 0 Å². The maximum Gasteiger partial charge on any atom is 0.306 e. The zero-order valence-electron chi connectivity index (χ0n) is 42.6. The lowest BCUT2D eigenvalue weighted by Gasteiger charge is -2.18. The Kier molecular flexibility index (Phi) is 50.8. The average Bonchev–Trinajstić information content (AvgIpc) is 3.29. The van der Waals surface area contributed by atoms with Crippen molar-refractivity contribution < 1.29 is 28.6 Å². The summed E-state index contributed by atoms with van der Waals surface area (Å²) in [6.45, 7) is 6.60. The van der Waals surface area contributed by atoms with E-state index in [0.717, 1.165) is 89.9 Å². The summed E-state index contributed by atoms with van der Waals surface area (Å²) in [6.07, 6.45) is 63.9. The highest BCUT2D eigenvalue weighted by molar-refractivity contribution is 5.71.